The van der Waals surface area contributed by atoms with E-state index in [0.29, 0.717) is 6.61 Å². The van der Waals surface area contributed by atoms with Gasteiger partial charge in [-0.25, -0.2) is 4.79 Å². The largest absolute Gasteiger partial charge is 0.454 e. The Morgan fingerprint density at radius 1 is 0.889 bits per heavy atom. The van der Waals surface area contributed by atoms with Crippen molar-refractivity contribution in [3.63, 3.8) is 0 Å². The van der Waals surface area contributed by atoms with Crippen LogP contribution >= 0.6 is 0 Å². The number of esters is 1. The van der Waals surface area contributed by atoms with Crippen molar-refractivity contribution in [2.45, 2.75) is 115 Å². The van der Waals surface area contributed by atoms with E-state index in [0.717, 1.165) is 12.8 Å². The molecule has 0 spiro atoms. The Morgan fingerprint density at radius 3 is 2.00 bits per heavy atom. The summed E-state index contributed by atoms with van der Waals surface area (Å²) >= 11 is 0. The molecule has 2 aliphatic rings. The Balaban J connectivity index is 1.44. The fraction of sp³-hybridized carbons (Fsp3) is 0.952. The maximum Gasteiger partial charge on any atom is 0.338 e. The summed E-state index contributed by atoms with van der Waals surface area (Å²) < 4.78 is 21.9. The van der Waals surface area contributed by atoms with Gasteiger partial charge in [0.2, 0.25) is 0 Å². The number of rotatable bonds is 15. The third-order valence-electron chi connectivity index (χ3n) is 5.56. The summed E-state index contributed by atoms with van der Waals surface area (Å²) in [7, 11) is 1.54. The quantitative estimate of drug-likeness (QED) is 0.341. The van der Waals surface area contributed by atoms with E-state index in [1.54, 1.807) is 0 Å². The normalized spacial score (nSPS) is 29.9. The second kappa shape index (κ2) is 12.7. The van der Waals surface area contributed by atoms with E-state index in [9.17, 15) is 9.90 Å². The van der Waals surface area contributed by atoms with Crippen LogP contribution in [0, 0.1) is 0 Å². The molecule has 158 valence electrons. The molecule has 2 fully saturated rings. The first-order valence-corrected chi connectivity index (χ1v) is 10.9. The second-order valence-corrected chi connectivity index (χ2v) is 7.78. The maximum absolute atomic E-state index is 11.4. The van der Waals surface area contributed by atoms with Crippen LogP contribution < -0.4 is 0 Å². The summed E-state index contributed by atoms with van der Waals surface area (Å²) in [6.07, 6.45) is 12.0. The number of hydrogen-bond acceptors (Lipinski definition) is 6. The fourth-order valence-corrected chi connectivity index (χ4v) is 3.90. The van der Waals surface area contributed by atoms with Crippen LogP contribution in [0.15, 0.2) is 0 Å². The predicted octanol–water partition coefficient (Wildman–Crippen LogP) is 3.73. The molecule has 6 nitrogen and oxygen atoms in total. The lowest BCUT2D eigenvalue weighted by Crippen LogP contribution is -2.35. The van der Waals surface area contributed by atoms with E-state index in [4.69, 9.17) is 18.9 Å². The minimum absolute atomic E-state index is 0.478. The SMILES string of the molecule is CCCCCCCCCCCCCCOC1OC2C(O)C(=O)OC2C1OC. The molecule has 27 heavy (non-hydrogen) atoms. The van der Waals surface area contributed by atoms with E-state index in [2.05, 4.69) is 6.92 Å². The number of carbonyl (C=O) groups excluding carboxylic acids is 1. The predicted molar refractivity (Wildman–Crippen MR) is 102 cm³/mol. The molecule has 0 saturated carbocycles. The summed E-state index contributed by atoms with van der Waals surface area (Å²) in [5, 5.41) is 9.77. The number of methoxy groups -OCH3 is 1. The molecule has 0 bridgehead atoms. The molecule has 2 rings (SSSR count). The molecule has 0 aromatic rings. The van der Waals surface area contributed by atoms with Crippen molar-refractivity contribution in [3.8, 4) is 0 Å². The van der Waals surface area contributed by atoms with E-state index >= 15 is 0 Å². The molecule has 0 aromatic carbocycles. The second-order valence-electron chi connectivity index (χ2n) is 7.78. The van der Waals surface area contributed by atoms with Crippen molar-refractivity contribution < 1.29 is 28.8 Å². The number of aliphatic hydroxyl groups excluding tert-OH is 1. The highest BCUT2D eigenvalue weighted by molar-refractivity contribution is 5.78. The van der Waals surface area contributed by atoms with Gasteiger partial charge >= 0.3 is 5.97 Å². The number of aliphatic hydroxyl groups is 1. The Kier molecular flexibility index (Phi) is 10.6. The first kappa shape index (κ1) is 22.6. The van der Waals surface area contributed by atoms with E-state index in [-0.39, 0.29) is 0 Å². The topological polar surface area (TPSA) is 74.2 Å². The molecule has 0 amide bonds. The fourth-order valence-electron chi connectivity index (χ4n) is 3.90. The Labute approximate surface area is 163 Å². The molecule has 0 aliphatic carbocycles. The highest BCUT2D eigenvalue weighted by Gasteiger charge is 2.57. The van der Waals surface area contributed by atoms with Crippen LogP contribution in [0.1, 0.15) is 84.0 Å². The molecular weight excluding hydrogens is 348 g/mol. The maximum atomic E-state index is 11.4. The van der Waals surface area contributed by atoms with Crippen LogP contribution in [-0.4, -0.2) is 55.5 Å². The standard InChI is InChI=1S/C21H38O6/c1-3-4-5-6-7-8-9-10-11-12-13-14-15-25-21-19(24-2)18-17(27-21)16(22)20(23)26-18/h16-19,21-22H,3-15H2,1-2H3. The number of fused-ring (bicyclic) bond motifs is 1. The van der Waals surface area contributed by atoms with Crippen LogP contribution in [0.3, 0.4) is 0 Å². The molecule has 5 unspecified atom stereocenters. The molecular formula is C21H38O6. The Hall–Kier alpha value is -0.690. The van der Waals surface area contributed by atoms with Gasteiger partial charge in [-0.15, -0.1) is 0 Å². The first-order valence-electron chi connectivity index (χ1n) is 10.9. The summed E-state index contributed by atoms with van der Waals surface area (Å²) in [6, 6.07) is 0. The van der Waals surface area contributed by atoms with Gasteiger partial charge < -0.3 is 24.1 Å². The average Bonchev–Trinajstić information content (AvgIpc) is 3.14. The van der Waals surface area contributed by atoms with Gasteiger partial charge in [0, 0.05) is 13.7 Å². The Bertz CT molecular complexity index is 415. The molecule has 0 aromatic heterocycles. The highest BCUT2D eigenvalue weighted by atomic mass is 16.7. The monoisotopic (exact) mass is 386 g/mol. The van der Waals surface area contributed by atoms with Crippen LogP contribution in [0.25, 0.3) is 0 Å². The van der Waals surface area contributed by atoms with E-state index < -0.39 is 36.7 Å². The van der Waals surface area contributed by atoms with Gasteiger partial charge in [-0.3, -0.25) is 0 Å². The third-order valence-corrected chi connectivity index (χ3v) is 5.56. The lowest BCUT2D eigenvalue weighted by atomic mass is 10.1. The van der Waals surface area contributed by atoms with E-state index in [1.807, 2.05) is 0 Å². The van der Waals surface area contributed by atoms with Gasteiger partial charge in [0.25, 0.3) is 0 Å². The number of unbranched alkanes of at least 4 members (excludes halogenated alkanes) is 11. The van der Waals surface area contributed by atoms with Gasteiger partial charge in [-0.2, -0.15) is 0 Å². The van der Waals surface area contributed by atoms with Crippen molar-refractivity contribution >= 4 is 5.97 Å². The highest BCUT2D eigenvalue weighted by Crippen LogP contribution is 2.34. The molecule has 1 N–H and O–H groups in total. The first-order chi connectivity index (χ1) is 13.2. The van der Waals surface area contributed by atoms with Gasteiger partial charge in [-0.1, -0.05) is 77.6 Å². The van der Waals surface area contributed by atoms with Crippen LogP contribution in [0.4, 0.5) is 0 Å². The van der Waals surface area contributed by atoms with Crippen molar-refractivity contribution in [2.75, 3.05) is 13.7 Å². The summed E-state index contributed by atoms with van der Waals surface area (Å²) in [5.41, 5.74) is 0. The van der Waals surface area contributed by atoms with Gasteiger partial charge in [-0.05, 0) is 6.42 Å². The third kappa shape index (κ3) is 7.00. The summed E-state index contributed by atoms with van der Waals surface area (Å²) in [5.74, 6) is -0.647. The van der Waals surface area contributed by atoms with Crippen LogP contribution in [0.5, 0.6) is 0 Å². The van der Waals surface area contributed by atoms with Gasteiger partial charge in [0.15, 0.2) is 18.5 Å². The molecule has 2 aliphatic heterocycles. The average molecular weight is 387 g/mol. The van der Waals surface area contributed by atoms with Gasteiger partial charge in [0.05, 0.1) is 0 Å². The molecule has 6 heteroatoms. The molecule has 5 atom stereocenters. The van der Waals surface area contributed by atoms with Crippen molar-refractivity contribution in [1.29, 1.82) is 0 Å². The number of ether oxygens (including phenoxy) is 4. The minimum Gasteiger partial charge on any atom is -0.454 e. The lowest BCUT2D eigenvalue weighted by molar-refractivity contribution is -0.191. The van der Waals surface area contributed by atoms with E-state index in [1.165, 1.54) is 71.3 Å². The smallest absolute Gasteiger partial charge is 0.338 e. The Morgan fingerprint density at radius 2 is 1.44 bits per heavy atom. The molecule has 0 radical (unpaired) electrons. The van der Waals surface area contributed by atoms with Crippen molar-refractivity contribution in [2.24, 2.45) is 0 Å². The van der Waals surface area contributed by atoms with Crippen LogP contribution in [-0.2, 0) is 23.7 Å². The van der Waals surface area contributed by atoms with Crippen molar-refractivity contribution in [1.82, 2.24) is 0 Å². The summed E-state index contributed by atoms with van der Waals surface area (Å²) in [6.45, 7) is 2.85. The molecule has 2 heterocycles. The summed E-state index contributed by atoms with van der Waals surface area (Å²) in [4.78, 5) is 11.4. The van der Waals surface area contributed by atoms with Gasteiger partial charge in [0.1, 0.15) is 12.2 Å². The van der Waals surface area contributed by atoms with Crippen molar-refractivity contribution in [3.05, 3.63) is 0 Å². The van der Waals surface area contributed by atoms with Crippen LogP contribution in [0.2, 0.25) is 0 Å². The zero-order valence-electron chi connectivity index (χ0n) is 17.1. The number of carbonyl (C=O) groups is 1. The zero-order chi connectivity index (χ0) is 19.5. The zero-order valence-corrected chi connectivity index (χ0v) is 17.1. The minimum atomic E-state index is -1.24. The molecule has 2 saturated heterocycles. The lowest BCUT2D eigenvalue weighted by Gasteiger charge is -2.20. The number of hydrogen-bond donors (Lipinski definition) is 1.